The molecule has 0 heterocycles. The molecule has 9 heteroatoms. The summed E-state index contributed by atoms with van der Waals surface area (Å²) in [6, 6.07) is 0. The Balaban J connectivity index is 5.13. The number of ketones is 1. The molecular formula is C4H5FN2O6. The number of halogens is 1. The predicted molar refractivity (Wildman–Crippen MR) is 34.5 cm³/mol. The smallest absolute Gasteiger partial charge is 0.370 e. The van der Waals surface area contributed by atoms with Gasteiger partial charge in [0.1, 0.15) is 9.85 Å². The van der Waals surface area contributed by atoms with Crippen molar-refractivity contribution < 1.29 is 24.1 Å². The monoisotopic (exact) mass is 196 g/mol. The first-order valence-corrected chi connectivity index (χ1v) is 2.91. The molecule has 0 saturated carbocycles. The molecule has 0 aromatic heterocycles. The van der Waals surface area contributed by atoms with E-state index in [-0.39, 0.29) is 0 Å². The van der Waals surface area contributed by atoms with Gasteiger partial charge in [-0.1, -0.05) is 4.39 Å². The fraction of sp³-hybridized carbons (Fsp3) is 0.750. The Morgan fingerprint density at radius 1 is 1.46 bits per heavy atom. The highest BCUT2D eigenvalue weighted by atomic mass is 19.2. The third-order valence-electron chi connectivity index (χ3n) is 1.25. The summed E-state index contributed by atoms with van der Waals surface area (Å²) in [7, 11) is 0. The summed E-state index contributed by atoms with van der Waals surface area (Å²) in [4.78, 5) is 26.2. The van der Waals surface area contributed by atoms with Gasteiger partial charge in [0.2, 0.25) is 0 Å². The van der Waals surface area contributed by atoms with E-state index in [0.717, 1.165) is 0 Å². The Labute approximate surface area is 70.3 Å². The first-order valence-electron chi connectivity index (χ1n) is 2.91. The van der Waals surface area contributed by atoms with Gasteiger partial charge >= 0.3 is 5.92 Å². The van der Waals surface area contributed by atoms with Crippen molar-refractivity contribution in [1.29, 1.82) is 0 Å². The number of carbonyl (C=O) groups is 1. The van der Waals surface area contributed by atoms with E-state index in [0.29, 0.717) is 6.92 Å². The number of hydrogen-bond acceptors (Lipinski definition) is 6. The standard InChI is InChI=1S/C4H5FN2O6/c1-2(8)3(9)4(5,6(10)11)7(12)13/h3,9H,1H3. The first-order chi connectivity index (χ1) is 5.74. The van der Waals surface area contributed by atoms with Crippen LogP contribution in [-0.4, -0.2) is 32.8 Å². The minimum atomic E-state index is -4.37. The SMILES string of the molecule is CC(=O)C(O)C(F)([N+](=O)[O-])[N+](=O)[O-]. The van der Waals surface area contributed by atoms with E-state index in [1.807, 2.05) is 0 Å². The number of Topliss-reactive ketones (excluding diaryl/α,β-unsaturated/α-hetero) is 1. The number of carbonyl (C=O) groups excluding carboxylic acids is 1. The van der Waals surface area contributed by atoms with E-state index in [4.69, 9.17) is 5.11 Å². The highest BCUT2D eigenvalue weighted by Gasteiger charge is 2.67. The topological polar surface area (TPSA) is 124 Å². The number of aliphatic hydroxyl groups excluding tert-OH is 1. The van der Waals surface area contributed by atoms with Crippen LogP contribution in [0.5, 0.6) is 0 Å². The summed E-state index contributed by atoms with van der Waals surface area (Å²) >= 11 is 0. The van der Waals surface area contributed by atoms with Crippen molar-refractivity contribution in [2.45, 2.75) is 18.9 Å². The molecule has 13 heavy (non-hydrogen) atoms. The Kier molecular flexibility index (Phi) is 2.96. The maximum absolute atomic E-state index is 12.8. The van der Waals surface area contributed by atoms with Crippen LogP contribution in [0, 0.1) is 20.2 Å². The third-order valence-corrected chi connectivity index (χ3v) is 1.25. The predicted octanol–water partition coefficient (Wildman–Crippen LogP) is -0.887. The van der Waals surface area contributed by atoms with Crippen LogP contribution < -0.4 is 0 Å². The molecule has 0 aromatic carbocycles. The molecule has 1 atom stereocenters. The van der Waals surface area contributed by atoms with Crippen molar-refractivity contribution in [2.75, 3.05) is 0 Å². The van der Waals surface area contributed by atoms with Crippen LogP contribution in [0.2, 0.25) is 0 Å². The number of rotatable bonds is 4. The van der Waals surface area contributed by atoms with Crippen LogP contribution >= 0.6 is 0 Å². The van der Waals surface area contributed by atoms with Gasteiger partial charge in [0.25, 0.3) is 6.10 Å². The molecule has 0 aliphatic carbocycles. The average molecular weight is 196 g/mol. The quantitative estimate of drug-likeness (QED) is 0.269. The molecule has 0 aromatic rings. The Morgan fingerprint density at radius 3 is 1.85 bits per heavy atom. The molecule has 1 N–H and O–H groups in total. The molecule has 0 radical (unpaired) electrons. The lowest BCUT2D eigenvalue weighted by Gasteiger charge is -2.10. The summed E-state index contributed by atoms with van der Waals surface area (Å²) < 4.78 is 12.8. The maximum atomic E-state index is 12.8. The van der Waals surface area contributed by atoms with Crippen molar-refractivity contribution in [3.63, 3.8) is 0 Å². The molecular weight excluding hydrogens is 191 g/mol. The Morgan fingerprint density at radius 2 is 1.77 bits per heavy atom. The summed E-state index contributed by atoms with van der Waals surface area (Å²) in [5.74, 6) is -5.76. The molecule has 0 saturated heterocycles. The number of nitro groups is 2. The molecule has 1 unspecified atom stereocenters. The van der Waals surface area contributed by atoms with Gasteiger partial charge in [-0.2, -0.15) is 0 Å². The third kappa shape index (κ3) is 1.75. The number of alkyl halides is 1. The molecule has 0 aliphatic rings. The van der Waals surface area contributed by atoms with E-state index < -0.39 is 27.7 Å². The van der Waals surface area contributed by atoms with Crippen LogP contribution in [0.4, 0.5) is 4.39 Å². The minimum absolute atomic E-state index is 0.603. The lowest BCUT2D eigenvalue weighted by atomic mass is 10.2. The van der Waals surface area contributed by atoms with Crippen molar-refractivity contribution in [3.05, 3.63) is 20.2 Å². The van der Waals surface area contributed by atoms with Crippen molar-refractivity contribution >= 4 is 5.78 Å². The van der Waals surface area contributed by atoms with E-state index in [9.17, 15) is 29.4 Å². The molecule has 0 bridgehead atoms. The normalized spacial score (nSPS) is 13.5. The van der Waals surface area contributed by atoms with Crippen molar-refractivity contribution in [2.24, 2.45) is 0 Å². The second kappa shape index (κ2) is 3.39. The fourth-order valence-corrected chi connectivity index (χ4v) is 0.525. The first kappa shape index (κ1) is 11.4. The number of nitrogens with zero attached hydrogens (tertiary/aromatic N) is 2. The van der Waals surface area contributed by atoms with Gasteiger partial charge in [-0.25, -0.2) is 0 Å². The van der Waals surface area contributed by atoms with E-state index in [1.165, 1.54) is 0 Å². The summed E-state index contributed by atoms with van der Waals surface area (Å²) in [5, 5.41) is 28.3. The highest BCUT2D eigenvalue weighted by Crippen LogP contribution is 2.18. The van der Waals surface area contributed by atoms with Gasteiger partial charge < -0.3 is 5.11 Å². The van der Waals surface area contributed by atoms with Gasteiger partial charge in [-0.05, 0) is 6.92 Å². The average Bonchev–Trinajstić information content (AvgIpc) is 2.00. The molecule has 0 rings (SSSR count). The molecule has 8 nitrogen and oxygen atoms in total. The van der Waals surface area contributed by atoms with E-state index in [2.05, 4.69) is 0 Å². The summed E-state index contributed by atoms with van der Waals surface area (Å²) in [6.07, 6.45) is -2.91. The van der Waals surface area contributed by atoms with Crippen LogP contribution in [0.3, 0.4) is 0 Å². The van der Waals surface area contributed by atoms with E-state index >= 15 is 0 Å². The zero-order valence-electron chi connectivity index (χ0n) is 6.34. The molecule has 0 aliphatic heterocycles. The largest absolute Gasteiger partial charge is 0.647 e. The molecule has 0 spiro atoms. The van der Waals surface area contributed by atoms with Crippen molar-refractivity contribution in [3.8, 4) is 0 Å². The van der Waals surface area contributed by atoms with Crippen LogP contribution in [0.25, 0.3) is 0 Å². The van der Waals surface area contributed by atoms with Gasteiger partial charge in [0.05, 0.1) is 0 Å². The van der Waals surface area contributed by atoms with Gasteiger partial charge in [0.15, 0.2) is 5.78 Å². The zero-order valence-corrected chi connectivity index (χ0v) is 6.34. The lowest BCUT2D eigenvalue weighted by Crippen LogP contribution is -2.54. The second-order valence-electron chi connectivity index (χ2n) is 2.16. The zero-order chi connectivity index (χ0) is 10.8. The maximum Gasteiger partial charge on any atom is 0.647 e. The van der Waals surface area contributed by atoms with Crippen LogP contribution in [-0.2, 0) is 4.79 Å². The fourth-order valence-electron chi connectivity index (χ4n) is 0.525. The van der Waals surface area contributed by atoms with Crippen molar-refractivity contribution in [1.82, 2.24) is 0 Å². The summed E-state index contributed by atoms with van der Waals surface area (Å²) in [6.45, 7) is 0.603. The minimum Gasteiger partial charge on any atom is -0.370 e. The lowest BCUT2D eigenvalue weighted by molar-refractivity contribution is -0.837. The van der Waals surface area contributed by atoms with Gasteiger partial charge in [-0.15, -0.1) is 0 Å². The number of hydrogen-bond donors (Lipinski definition) is 1. The second-order valence-corrected chi connectivity index (χ2v) is 2.16. The van der Waals surface area contributed by atoms with Crippen LogP contribution in [0.1, 0.15) is 6.92 Å². The molecule has 74 valence electrons. The van der Waals surface area contributed by atoms with Gasteiger partial charge in [0, 0.05) is 0 Å². The van der Waals surface area contributed by atoms with Crippen LogP contribution in [0.15, 0.2) is 0 Å². The molecule has 0 fully saturated rings. The summed E-state index contributed by atoms with van der Waals surface area (Å²) in [5.41, 5.74) is 0. The Bertz CT molecular complexity index is 251. The van der Waals surface area contributed by atoms with E-state index in [1.54, 1.807) is 0 Å². The Hall–Kier alpha value is -1.64. The molecule has 0 amide bonds. The highest BCUT2D eigenvalue weighted by molar-refractivity contribution is 5.80. The van der Waals surface area contributed by atoms with Gasteiger partial charge in [-0.3, -0.25) is 25.0 Å². The number of aliphatic hydroxyl groups is 1.